The van der Waals surface area contributed by atoms with Crippen LogP contribution in [0.5, 0.6) is 0 Å². The van der Waals surface area contributed by atoms with Gasteiger partial charge in [0.05, 0.1) is 5.56 Å². The van der Waals surface area contributed by atoms with E-state index < -0.39 is 0 Å². The highest BCUT2D eigenvalue weighted by atomic mass is 35.5. The molecule has 0 aliphatic carbocycles. The average molecular weight is 440 g/mol. The van der Waals surface area contributed by atoms with Gasteiger partial charge < -0.3 is 10.3 Å². The molecular formula is C26H18ClN3O2. The summed E-state index contributed by atoms with van der Waals surface area (Å²) in [5.74, 6) is -0.633. The standard InChI is InChI=1S/C26H18ClN3O2/c1-16-24(22-7-2-3-8-23(22)29-16)25(31)19(15-28)13-17-5-4-6-21(14-17)30-26(32)18-9-11-20(27)12-10-18/h2-14,29H,1H3,(H,30,32)/b19-13+. The molecule has 0 aliphatic heterocycles. The lowest BCUT2D eigenvalue weighted by Crippen LogP contribution is -2.11. The Morgan fingerprint density at radius 1 is 1.03 bits per heavy atom. The number of aromatic nitrogens is 1. The minimum absolute atomic E-state index is 0.0130. The largest absolute Gasteiger partial charge is 0.358 e. The van der Waals surface area contributed by atoms with E-state index in [9.17, 15) is 14.9 Å². The van der Waals surface area contributed by atoms with Gasteiger partial charge in [0.2, 0.25) is 5.78 Å². The molecule has 1 heterocycles. The Hall–Kier alpha value is -4.14. The van der Waals surface area contributed by atoms with Gasteiger partial charge in [0, 0.05) is 32.9 Å². The van der Waals surface area contributed by atoms with E-state index in [1.807, 2.05) is 37.3 Å². The number of Topliss-reactive ketones (excluding diaryl/α,β-unsaturated/α-hetero) is 1. The van der Waals surface area contributed by atoms with E-state index in [2.05, 4.69) is 10.3 Å². The maximum absolute atomic E-state index is 13.2. The van der Waals surface area contributed by atoms with Crippen LogP contribution >= 0.6 is 11.6 Å². The van der Waals surface area contributed by atoms with Crippen LogP contribution in [-0.2, 0) is 0 Å². The molecule has 32 heavy (non-hydrogen) atoms. The number of nitrogens with zero attached hydrogens (tertiary/aromatic N) is 1. The van der Waals surface area contributed by atoms with Crippen LogP contribution in [0.4, 0.5) is 5.69 Å². The molecule has 0 saturated carbocycles. The highest BCUT2D eigenvalue weighted by Crippen LogP contribution is 2.25. The zero-order chi connectivity index (χ0) is 22.7. The summed E-state index contributed by atoms with van der Waals surface area (Å²) in [6, 6.07) is 23.0. The maximum Gasteiger partial charge on any atom is 0.255 e. The third-order valence-corrected chi connectivity index (χ3v) is 5.30. The van der Waals surface area contributed by atoms with Crippen molar-refractivity contribution >= 4 is 46.0 Å². The van der Waals surface area contributed by atoms with Crippen molar-refractivity contribution < 1.29 is 9.59 Å². The van der Waals surface area contributed by atoms with Gasteiger partial charge in [-0.2, -0.15) is 5.26 Å². The first-order valence-electron chi connectivity index (χ1n) is 9.87. The number of allylic oxidation sites excluding steroid dienone is 1. The van der Waals surface area contributed by atoms with Crippen molar-refractivity contribution in [2.75, 3.05) is 5.32 Å². The number of amides is 1. The Labute approximate surface area is 190 Å². The van der Waals surface area contributed by atoms with Crippen LogP contribution in [0.3, 0.4) is 0 Å². The zero-order valence-corrected chi connectivity index (χ0v) is 17.9. The van der Waals surface area contributed by atoms with Gasteiger partial charge in [-0.25, -0.2) is 0 Å². The Bertz CT molecular complexity index is 1410. The topological polar surface area (TPSA) is 85.8 Å². The summed E-state index contributed by atoms with van der Waals surface area (Å²) in [7, 11) is 0. The fraction of sp³-hybridized carbons (Fsp3) is 0.0385. The van der Waals surface area contributed by atoms with Crippen LogP contribution in [0.25, 0.3) is 17.0 Å². The van der Waals surface area contributed by atoms with E-state index in [4.69, 9.17) is 11.6 Å². The number of anilines is 1. The zero-order valence-electron chi connectivity index (χ0n) is 17.1. The molecule has 0 aliphatic rings. The number of H-pyrrole nitrogens is 1. The number of carbonyl (C=O) groups is 2. The number of carbonyl (C=O) groups excluding carboxylic acids is 2. The Morgan fingerprint density at radius 3 is 2.53 bits per heavy atom. The van der Waals surface area contributed by atoms with Gasteiger partial charge in [0.1, 0.15) is 11.6 Å². The first-order valence-corrected chi connectivity index (χ1v) is 10.2. The van der Waals surface area contributed by atoms with Crippen LogP contribution in [0.2, 0.25) is 5.02 Å². The third kappa shape index (κ3) is 4.31. The molecule has 0 bridgehead atoms. The van der Waals surface area contributed by atoms with Gasteiger partial charge in [-0.3, -0.25) is 9.59 Å². The molecule has 0 fully saturated rings. The molecule has 156 valence electrons. The lowest BCUT2D eigenvalue weighted by molar-refractivity contribution is 0.102. The van der Waals surface area contributed by atoms with Crippen LogP contribution in [0.15, 0.2) is 78.4 Å². The van der Waals surface area contributed by atoms with E-state index >= 15 is 0 Å². The minimum atomic E-state index is -0.349. The predicted octanol–water partition coefficient (Wildman–Crippen LogP) is 6.17. The lowest BCUT2D eigenvalue weighted by Gasteiger charge is -2.07. The van der Waals surface area contributed by atoms with Crippen LogP contribution in [0, 0.1) is 18.3 Å². The highest BCUT2D eigenvalue weighted by molar-refractivity contribution is 6.30. The smallest absolute Gasteiger partial charge is 0.255 e. The maximum atomic E-state index is 13.2. The van der Waals surface area contributed by atoms with Gasteiger partial charge in [0.25, 0.3) is 5.91 Å². The summed E-state index contributed by atoms with van der Waals surface area (Å²) >= 11 is 5.87. The summed E-state index contributed by atoms with van der Waals surface area (Å²) < 4.78 is 0. The second-order valence-corrected chi connectivity index (χ2v) is 7.69. The monoisotopic (exact) mass is 439 g/mol. The van der Waals surface area contributed by atoms with E-state index in [-0.39, 0.29) is 17.3 Å². The summed E-state index contributed by atoms with van der Waals surface area (Å²) in [4.78, 5) is 28.8. The van der Waals surface area contributed by atoms with Crippen LogP contribution in [0.1, 0.15) is 32.0 Å². The molecule has 4 rings (SSSR count). The van der Waals surface area contributed by atoms with Crippen molar-refractivity contribution in [3.8, 4) is 6.07 Å². The number of aromatic amines is 1. The summed E-state index contributed by atoms with van der Waals surface area (Å²) in [6.45, 7) is 1.81. The lowest BCUT2D eigenvalue weighted by atomic mass is 9.99. The molecule has 0 saturated heterocycles. The molecule has 0 unspecified atom stereocenters. The Morgan fingerprint density at radius 2 is 1.78 bits per heavy atom. The molecule has 6 heteroatoms. The molecule has 3 aromatic carbocycles. The predicted molar refractivity (Wildman–Crippen MR) is 127 cm³/mol. The van der Waals surface area contributed by atoms with E-state index in [1.165, 1.54) is 6.08 Å². The second-order valence-electron chi connectivity index (χ2n) is 7.26. The van der Waals surface area contributed by atoms with Gasteiger partial charge >= 0.3 is 0 Å². The number of fused-ring (bicyclic) bond motifs is 1. The molecule has 0 radical (unpaired) electrons. The average Bonchev–Trinajstić information content (AvgIpc) is 3.13. The van der Waals surface area contributed by atoms with E-state index in [0.29, 0.717) is 33.1 Å². The Balaban J connectivity index is 1.61. The van der Waals surface area contributed by atoms with E-state index in [1.54, 1.807) is 48.5 Å². The van der Waals surface area contributed by atoms with Crippen LogP contribution in [-0.4, -0.2) is 16.7 Å². The van der Waals surface area contributed by atoms with Crippen molar-refractivity contribution in [2.45, 2.75) is 6.92 Å². The van der Waals surface area contributed by atoms with Gasteiger partial charge in [-0.05, 0) is 61.0 Å². The number of para-hydroxylation sites is 1. The number of ketones is 1. The van der Waals surface area contributed by atoms with Gasteiger partial charge in [-0.1, -0.05) is 41.9 Å². The summed E-state index contributed by atoms with van der Waals surface area (Å²) in [5, 5.41) is 13.8. The molecule has 1 aromatic heterocycles. The SMILES string of the molecule is Cc1[nH]c2ccccc2c1C(=O)/C(C#N)=C/c1cccc(NC(=O)c2ccc(Cl)cc2)c1. The number of hydrogen-bond acceptors (Lipinski definition) is 3. The van der Waals surface area contributed by atoms with Crippen molar-refractivity contribution in [3.63, 3.8) is 0 Å². The van der Waals surface area contributed by atoms with Crippen LogP contribution < -0.4 is 5.32 Å². The summed E-state index contributed by atoms with van der Waals surface area (Å²) in [6.07, 6.45) is 1.53. The number of aryl methyl sites for hydroxylation is 1. The quantitative estimate of drug-likeness (QED) is 0.221. The molecular weight excluding hydrogens is 422 g/mol. The van der Waals surface area contributed by atoms with E-state index in [0.717, 1.165) is 10.9 Å². The van der Waals surface area contributed by atoms with Crippen molar-refractivity contribution in [3.05, 3.63) is 106 Å². The number of hydrogen-bond donors (Lipinski definition) is 2. The number of nitriles is 1. The molecule has 2 N–H and O–H groups in total. The normalized spacial score (nSPS) is 11.2. The first-order chi connectivity index (χ1) is 15.5. The number of rotatable bonds is 5. The first kappa shape index (κ1) is 21.1. The molecule has 1 amide bonds. The summed E-state index contributed by atoms with van der Waals surface area (Å²) in [5.41, 5.74) is 3.70. The molecule has 4 aromatic rings. The van der Waals surface area contributed by atoms with Crippen molar-refractivity contribution in [1.29, 1.82) is 5.26 Å². The number of halogens is 1. The van der Waals surface area contributed by atoms with Gasteiger partial charge in [-0.15, -0.1) is 0 Å². The number of benzene rings is 3. The minimum Gasteiger partial charge on any atom is -0.358 e. The molecule has 0 spiro atoms. The fourth-order valence-corrected chi connectivity index (χ4v) is 3.66. The third-order valence-electron chi connectivity index (χ3n) is 5.05. The highest BCUT2D eigenvalue weighted by Gasteiger charge is 2.19. The number of nitrogens with one attached hydrogen (secondary N) is 2. The Kier molecular flexibility index (Phi) is 5.89. The van der Waals surface area contributed by atoms with Gasteiger partial charge in [0.15, 0.2) is 0 Å². The second kappa shape index (κ2) is 8.93. The molecule has 0 atom stereocenters. The van der Waals surface area contributed by atoms with Crippen molar-refractivity contribution in [2.24, 2.45) is 0 Å². The fourth-order valence-electron chi connectivity index (χ4n) is 3.53. The van der Waals surface area contributed by atoms with Crippen molar-refractivity contribution in [1.82, 2.24) is 4.98 Å². The molecule has 5 nitrogen and oxygen atoms in total.